The molecule has 2 amide bonds. The SMILES string of the molecule is Nc1c(Cl)cc(NC(=O)CCCOc2ccc3c(c2)CCC(=O)N3)cc1Cl. The lowest BCUT2D eigenvalue weighted by molar-refractivity contribution is -0.117. The fraction of sp³-hybridized carbons (Fsp3) is 0.263. The molecular weight excluding hydrogens is 389 g/mol. The molecule has 0 saturated carbocycles. The Morgan fingerprint density at radius 3 is 2.67 bits per heavy atom. The summed E-state index contributed by atoms with van der Waals surface area (Å²) in [4.78, 5) is 23.4. The maximum atomic E-state index is 12.0. The van der Waals surface area contributed by atoms with Crippen LogP contribution in [-0.2, 0) is 16.0 Å². The number of nitrogens with one attached hydrogen (secondary N) is 2. The number of halogens is 2. The van der Waals surface area contributed by atoms with Crippen LogP contribution in [0.25, 0.3) is 0 Å². The van der Waals surface area contributed by atoms with Gasteiger partial charge in [-0.1, -0.05) is 23.2 Å². The second kappa shape index (κ2) is 8.50. The van der Waals surface area contributed by atoms with Crippen LogP contribution in [0.2, 0.25) is 10.0 Å². The zero-order valence-corrected chi connectivity index (χ0v) is 16.0. The third-order valence-electron chi connectivity index (χ3n) is 4.15. The van der Waals surface area contributed by atoms with Crippen LogP contribution < -0.4 is 21.1 Å². The summed E-state index contributed by atoms with van der Waals surface area (Å²) in [5.41, 5.74) is 8.35. The first kappa shape index (κ1) is 19.3. The predicted octanol–water partition coefficient (Wildman–Crippen LogP) is 4.26. The average molecular weight is 408 g/mol. The quantitative estimate of drug-likeness (QED) is 0.492. The van der Waals surface area contributed by atoms with Crippen LogP contribution in [0.5, 0.6) is 5.75 Å². The highest BCUT2D eigenvalue weighted by atomic mass is 35.5. The number of fused-ring (bicyclic) bond motifs is 1. The molecule has 27 heavy (non-hydrogen) atoms. The van der Waals surface area contributed by atoms with Gasteiger partial charge in [0.15, 0.2) is 0 Å². The van der Waals surface area contributed by atoms with Gasteiger partial charge in [-0.2, -0.15) is 0 Å². The number of anilines is 3. The van der Waals surface area contributed by atoms with E-state index >= 15 is 0 Å². The summed E-state index contributed by atoms with van der Waals surface area (Å²) in [6, 6.07) is 8.69. The lowest BCUT2D eigenvalue weighted by Gasteiger charge is -2.17. The Labute approximate surface area is 167 Å². The van der Waals surface area contributed by atoms with Crippen molar-refractivity contribution in [1.82, 2.24) is 0 Å². The monoisotopic (exact) mass is 407 g/mol. The van der Waals surface area contributed by atoms with Crippen LogP contribution in [0, 0.1) is 0 Å². The summed E-state index contributed by atoms with van der Waals surface area (Å²) < 4.78 is 5.70. The molecular formula is C19H19Cl2N3O3. The van der Waals surface area contributed by atoms with Crippen molar-refractivity contribution in [1.29, 1.82) is 0 Å². The first-order chi connectivity index (χ1) is 12.9. The van der Waals surface area contributed by atoms with Crippen molar-refractivity contribution in [3.63, 3.8) is 0 Å². The smallest absolute Gasteiger partial charge is 0.224 e. The standard InChI is InChI=1S/C19H19Cl2N3O3/c20-14-9-12(10-15(21)19(14)22)23-17(25)2-1-7-27-13-4-5-16-11(8-13)3-6-18(26)24-16/h4-5,8-10H,1-3,6-7,22H2,(H,23,25)(H,24,26). The van der Waals surface area contributed by atoms with Gasteiger partial charge in [0, 0.05) is 24.2 Å². The number of hydrogen-bond donors (Lipinski definition) is 3. The van der Waals surface area contributed by atoms with E-state index in [-0.39, 0.29) is 17.5 Å². The molecule has 0 atom stereocenters. The number of nitrogen functional groups attached to an aromatic ring is 1. The van der Waals surface area contributed by atoms with Gasteiger partial charge in [0.05, 0.1) is 22.3 Å². The van der Waals surface area contributed by atoms with Gasteiger partial charge >= 0.3 is 0 Å². The summed E-state index contributed by atoms with van der Waals surface area (Å²) in [7, 11) is 0. The first-order valence-corrected chi connectivity index (χ1v) is 9.28. The molecule has 0 aliphatic carbocycles. The number of carbonyl (C=O) groups excluding carboxylic acids is 2. The third-order valence-corrected chi connectivity index (χ3v) is 4.78. The van der Waals surface area contributed by atoms with E-state index in [0.717, 1.165) is 17.0 Å². The van der Waals surface area contributed by atoms with Crippen molar-refractivity contribution in [2.75, 3.05) is 23.0 Å². The molecule has 1 aliphatic heterocycles. The molecule has 0 aromatic heterocycles. The summed E-state index contributed by atoms with van der Waals surface area (Å²) in [5, 5.41) is 6.16. The molecule has 2 aromatic rings. The summed E-state index contributed by atoms with van der Waals surface area (Å²) >= 11 is 11.9. The van der Waals surface area contributed by atoms with Gasteiger partial charge in [0.1, 0.15) is 5.75 Å². The van der Waals surface area contributed by atoms with Gasteiger partial charge in [-0.25, -0.2) is 0 Å². The van der Waals surface area contributed by atoms with Crippen molar-refractivity contribution < 1.29 is 14.3 Å². The number of amides is 2. The minimum absolute atomic E-state index is 0.0332. The van der Waals surface area contributed by atoms with Crippen LogP contribution >= 0.6 is 23.2 Å². The van der Waals surface area contributed by atoms with Crippen LogP contribution in [0.15, 0.2) is 30.3 Å². The Hall–Kier alpha value is -2.44. The maximum absolute atomic E-state index is 12.0. The van der Waals surface area contributed by atoms with Gasteiger partial charge in [0.25, 0.3) is 0 Å². The highest BCUT2D eigenvalue weighted by molar-refractivity contribution is 6.39. The first-order valence-electron chi connectivity index (χ1n) is 8.52. The number of aryl methyl sites for hydroxylation is 1. The molecule has 0 spiro atoms. The topological polar surface area (TPSA) is 93.4 Å². The minimum atomic E-state index is -0.163. The molecule has 142 valence electrons. The number of carbonyl (C=O) groups is 2. The molecule has 1 heterocycles. The van der Waals surface area contributed by atoms with Crippen LogP contribution in [0.1, 0.15) is 24.8 Å². The van der Waals surface area contributed by atoms with Crippen molar-refractivity contribution in [3.8, 4) is 5.75 Å². The van der Waals surface area contributed by atoms with Crippen LogP contribution in [0.3, 0.4) is 0 Å². The van der Waals surface area contributed by atoms with Gasteiger partial charge in [-0.3, -0.25) is 9.59 Å². The summed E-state index contributed by atoms with van der Waals surface area (Å²) in [5.74, 6) is 0.594. The molecule has 3 rings (SSSR count). The normalized spacial score (nSPS) is 12.9. The molecule has 2 aromatic carbocycles. The number of rotatable bonds is 6. The predicted molar refractivity (Wildman–Crippen MR) is 108 cm³/mol. The number of nitrogens with two attached hydrogens (primary N) is 1. The van der Waals surface area contributed by atoms with Gasteiger partial charge in [-0.05, 0) is 48.7 Å². The largest absolute Gasteiger partial charge is 0.494 e. The van der Waals surface area contributed by atoms with E-state index in [4.69, 9.17) is 33.7 Å². The second-order valence-electron chi connectivity index (χ2n) is 6.22. The lowest BCUT2D eigenvalue weighted by atomic mass is 10.0. The fourth-order valence-corrected chi connectivity index (χ4v) is 3.24. The number of benzene rings is 2. The third kappa shape index (κ3) is 5.05. The van der Waals surface area contributed by atoms with Crippen LogP contribution in [-0.4, -0.2) is 18.4 Å². The maximum Gasteiger partial charge on any atom is 0.224 e. The lowest BCUT2D eigenvalue weighted by Crippen LogP contribution is -2.18. The number of hydrogen-bond acceptors (Lipinski definition) is 4. The molecule has 6 nitrogen and oxygen atoms in total. The Bertz CT molecular complexity index is 863. The molecule has 0 radical (unpaired) electrons. The zero-order valence-electron chi connectivity index (χ0n) is 14.5. The summed E-state index contributed by atoms with van der Waals surface area (Å²) in [6.45, 7) is 0.405. The van der Waals surface area contributed by atoms with Crippen molar-refractivity contribution in [3.05, 3.63) is 45.9 Å². The van der Waals surface area contributed by atoms with E-state index in [9.17, 15) is 9.59 Å². The molecule has 0 unspecified atom stereocenters. The Balaban J connectivity index is 1.45. The summed E-state index contributed by atoms with van der Waals surface area (Å²) in [6.07, 6.45) is 2.03. The Morgan fingerprint density at radius 1 is 1.19 bits per heavy atom. The van der Waals surface area contributed by atoms with Gasteiger partial charge in [-0.15, -0.1) is 0 Å². The Morgan fingerprint density at radius 2 is 1.93 bits per heavy atom. The van der Waals surface area contributed by atoms with E-state index in [0.29, 0.717) is 48.0 Å². The minimum Gasteiger partial charge on any atom is -0.494 e. The zero-order chi connectivity index (χ0) is 19.4. The van der Waals surface area contributed by atoms with Crippen molar-refractivity contribution in [2.24, 2.45) is 0 Å². The van der Waals surface area contributed by atoms with E-state index < -0.39 is 0 Å². The van der Waals surface area contributed by atoms with Gasteiger partial charge < -0.3 is 21.1 Å². The van der Waals surface area contributed by atoms with E-state index in [1.807, 2.05) is 18.2 Å². The molecule has 0 bridgehead atoms. The highest BCUT2D eigenvalue weighted by Gasteiger charge is 2.15. The second-order valence-corrected chi connectivity index (χ2v) is 7.04. The van der Waals surface area contributed by atoms with Gasteiger partial charge in [0.2, 0.25) is 11.8 Å². The molecule has 4 N–H and O–H groups in total. The van der Waals surface area contributed by atoms with E-state index in [1.165, 1.54) is 0 Å². The molecule has 8 heteroatoms. The fourth-order valence-electron chi connectivity index (χ4n) is 2.75. The van der Waals surface area contributed by atoms with Crippen LogP contribution in [0.4, 0.5) is 17.1 Å². The molecule has 0 saturated heterocycles. The Kier molecular flexibility index (Phi) is 6.08. The van der Waals surface area contributed by atoms with E-state index in [2.05, 4.69) is 10.6 Å². The highest BCUT2D eigenvalue weighted by Crippen LogP contribution is 2.31. The average Bonchev–Trinajstić information content (AvgIpc) is 2.63. The number of ether oxygens (including phenoxy) is 1. The van der Waals surface area contributed by atoms with E-state index in [1.54, 1.807) is 12.1 Å². The van der Waals surface area contributed by atoms with Crippen molar-refractivity contribution >= 4 is 52.1 Å². The molecule has 0 fully saturated rings. The van der Waals surface area contributed by atoms with Crippen molar-refractivity contribution in [2.45, 2.75) is 25.7 Å². The molecule has 1 aliphatic rings.